The van der Waals surface area contributed by atoms with E-state index in [0.29, 0.717) is 41.7 Å². The summed E-state index contributed by atoms with van der Waals surface area (Å²) in [6, 6.07) is 2.40. The summed E-state index contributed by atoms with van der Waals surface area (Å²) in [6.45, 7) is 9.45. The average molecular weight is 919 g/mol. The lowest BCUT2D eigenvalue weighted by Crippen LogP contribution is -2.58. The number of carbonyl (C=O) groups is 9. The zero-order valence-corrected chi connectivity index (χ0v) is 38.3. The van der Waals surface area contributed by atoms with Gasteiger partial charge in [0.05, 0.1) is 42.0 Å². The third-order valence-corrected chi connectivity index (χ3v) is 13.1. The predicted molar refractivity (Wildman–Crippen MR) is 233 cm³/mol. The normalized spacial score (nSPS) is 22.1. The fourth-order valence-electron chi connectivity index (χ4n) is 9.01. The number of ether oxygens (including phenoxy) is 2. The number of ketones is 2. The molecule has 2 saturated heterocycles. The number of aryl methyl sites for hydroxylation is 1. The highest BCUT2D eigenvalue weighted by atomic mass is 19.1. The first-order chi connectivity index (χ1) is 31.2. The van der Waals surface area contributed by atoms with Gasteiger partial charge in [-0.05, 0) is 55.7 Å². The number of benzene rings is 1. The SMILES string of the molecule is CC[C@@]1(O)C(=O)OCC2C(=O)N3Cc4cc5c(CCCCOCNC(=O)[C@H](C)CC(=O)[C@@H](NC(=O)CCC(=O)CNC(=O)CN6C(=O)CC(C)C6=O)C(C)C)c(C)c(F)cc5nc4C3=CC21. The molecule has 0 radical (unpaired) electrons. The molecule has 18 nitrogen and oxygen atoms in total. The zero-order valence-electron chi connectivity index (χ0n) is 38.3. The van der Waals surface area contributed by atoms with Crippen molar-refractivity contribution < 1.29 is 62.1 Å². The number of hydrogen-bond acceptors (Lipinski definition) is 13. The fourth-order valence-corrected chi connectivity index (χ4v) is 9.01. The number of unbranched alkanes of at least 4 members (excludes halogenated alkanes) is 1. The summed E-state index contributed by atoms with van der Waals surface area (Å²) < 4.78 is 26.2. The number of rotatable bonds is 21. The molecular formula is C47H59FN6O12. The van der Waals surface area contributed by atoms with Gasteiger partial charge in [0.2, 0.25) is 35.4 Å². The van der Waals surface area contributed by atoms with Crippen molar-refractivity contribution in [3.8, 4) is 0 Å². The molecule has 0 aliphatic carbocycles. The van der Waals surface area contributed by atoms with Crippen LogP contribution in [0, 0.1) is 42.3 Å². The minimum atomic E-state index is -1.84. The number of fused-ring (bicyclic) bond motifs is 5. The molecule has 1 aromatic carbocycles. The summed E-state index contributed by atoms with van der Waals surface area (Å²) in [5.41, 5.74) is 1.61. The molecule has 5 heterocycles. The summed E-state index contributed by atoms with van der Waals surface area (Å²) >= 11 is 0. The van der Waals surface area contributed by atoms with Crippen LogP contribution in [0.2, 0.25) is 0 Å². The Morgan fingerprint density at radius 3 is 2.45 bits per heavy atom. The molecule has 0 spiro atoms. The Labute approximate surface area is 381 Å². The quantitative estimate of drug-likeness (QED) is 0.0609. The summed E-state index contributed by atoms with van der Waals surface area (Å²) in [7, 11) is 0. The molecule has 0 saturated carbocycles. The van der Waals surface area contributed by atoms with Crippen molar-refractivity contribution in [2.24, 2.45) is 29.6 Å². The van der Waals surface area contributed by atoms with Crippen LogP contribution in [0.3, 0.4) is 0 Å². The van der Waals surface area contributed by atoms with Crippen molar-refractivity contribution in [2.75, 3.05) is 33.0 Å². The third-order valence-electron chi connectivity index (χ3n) is 13.1. The summed E-state index contributed by atoms with van der Waals surface area (Å²) in [4.78, 5) is 121. The molecule has 1 aromatic heterocycles. The number of nitrogens with one attached hydrogen (secondary N) is 3. The molecule has 3 unspecified atom stereocenters. The van der Waals surface area contributed by atoms with Crippen LogP contribution in [0.25, 0.3) is 16.6 Å². The van der Waals surface area contributed by atoms with Crippen molar-refractivity contribution in [2.45, 2.75) is 111 Å². The van der Waals surface area contributed by atoms with Gasteiger partial charge in [-0.1, -0.05) is 40.7 Å². The Kier molecular flexibility index (Phi) is 15.5. The molecule has 4 aliphatic heterocycles. The van der Waals surface area contributed by atoms with Crippen LogP contribution in [0.4, 0.5) is 4.39 Å². The van der Waals surface area contributed by atoms with E-state index in [4.69, 9.17) is 14.5 Å². The number of hydrogen-bond donors (Lipinski definition) is 4. The number of esters is 1. The number of cyclic esters (lactones) is 1. The van der Waals surface area contributed by atoms with Gasteiger partial charge in [-0.2, -0.15) is 0 Å². The Morgan fingerprint density at radius 2 is 1.77 bits per heavy atom. The molecular weight excluding hydrogens is 860 g/mol. The van der Waals surface area contributed by atoms with E-state index < -0.39 is 95.5 Å². The van der Waals surface area contributed by atoms with E-state index in [-0.39, 0.29) is 76.2 Å². The minimum Gasteiger partial charge on any atom is -0.463 e. The molecule has 356 valence electrons. The van der Waals surface area contributed by atoms with Gasteiger partial charge in [0, 0.05) is 67.1 Å². The first kappa shape index (κ1) is 49.5. The van der Waals surface area contributed by atoms with Crippen molar-refractivity contribution in [3.05, 3.63) is 46.4 Å². The van der Waals surface area contributed by atoms with E-state index in [9.17, 15) is 48.3 Å². The molecule has 4 aliphatic rings. The number of imide groups is 1. The van der Waals surface area contributed by atoms with Gasteiger partial charge in [-0.15, -0.1) is 0 Å². The number of aromatic nitrogens is 1. The number of pyridine rings is 1. The summed E-state index contributed by atoms with van der Waals surface area (Å²) in [5, 5.41) is 19.7. The zero-order chi connectivity index (χ0) is 48.2. The molecule has 2 fully saturated rings. The molecule has 4 N–H and O–H groups in total. The van der Waals surface area contributed by atoms with E-state index in [2.05, 4.69) is 16.0 Å². The second-order valence-corrected chi connectivity index (χ2v) is 18.2. The number of aliphatic hydroxyl groups is 1. The molecule has 0 bridgehead atoms. The highest BCUT2D eigenvalue weighted by Gasteiger charge is 2.56. The Bertz CT molecular complexity index is 2370. The van der Waals surface area contributed by atoms with Crippen LogP contribution in [0.15, 0.2) is 18.2 Å². The maximum Gasteiger partial charge on any atom is 0.338 e. The number of amides is 6. The number of halogens is 1. The van der Waals surface area contributed by atoms with E-state index in [1.54, 1.807) is 52.5 Å². The highest BCUT2D eigenvalue weighted by molar-refractivity contribution is 6.06. The Morgan fingerprint density at radius 1 is 1.03 bits per heavy atom. The highest BCUT2D eigenvalue weighted by Crippen LogP contribution is 2.46. The number of nitrogens with zero attached hydrogens (tertiary/aromatic N) is 3. The van der Waals surface area contributed by atoms with E-state index in [1.807, 2.05) is 6.07 Å². The van der Waals surface area contributed by atoms with Gasteiger partial charge in [0.1, 0.15) is 25.7 Å². The maximum atomic E-state index is 15.3. The predicted octanol–water partition coefficient (Wildman–Crippen LogP) is 2.32. The lowest BCUT2D eigenvalue weighted by atomic mass is 9.72. The van der Waals surface area contributed by atoms with Crippen LogP contribution in [0.1, 0.15) is 102 Å². The second-order valence-electron chi connectivity index (χ2n) is 18.2. The van der Waals surface area contributed by atoms with E-state index >= 15 is 4.39 Å². The molecule has 66 heavy (non-hydrogen) atoms. The van der Waals surface area contributed by atoms with E-state index in [1.165, 1.54) is 6.07 Å². The van der Waals surface area contributed by atoms with Crippen LogP contribution in [-0.4, -0.2) is 118 Å². The van der Waals surface area contributed by atoms with Gasteiger partial charge < -0.3 is 35.4 Å². The Hall–Kier alpha value is -5.95. The molecule has 2 aromatic rings. The summed E-state index contributed by atoms with van der Waals surface area (Å²) in [5.74, 6) is -7.88. The van der Waals surface area contributed by atoms with Gasteiger partial charge in [-0.25, -0.2) is 14.2 Å². The topological polar surface area (TPSA) is 248 Å². The summed E-state index contributed by atoms with van der Waals surface area (Å²) in [6.07, 6.45) is 2.91. The number of likely N-dealkylation sites (tertiary alicyclic amines) is 1. The maximum absolute atomic E-state index is 15.3. The Balaban J connectivity index is 0.920. The number of Topliss-reactive ketones (excluding diaryl/α,β-unsaturated/α-hetero) is 2. The van der Waals surface area contributed by atoms with Gasteiger partial charge >= 0.3 is 5.97 Å². The number of carbonyl (C=O) groups excluding carboxylic acids is 9. The monoisotopic (exact) mass is 918 g/mol. The van der Waals surface area contributed by atoms with Gasteiger partial charge in [0.25, 0.3) is 0 Å². The molecule has 19 heteroatoms. The van der Waals surface area contributed by atoms with Crippen LogP contribution in [0.5, 0.6) is 0 Å². The van der Waals surface area contributed by atoms with Crippen LogP contribution < -0.4 is 16.0 Å². The van der Waals surface area contributed by atoms with E-state index in [0.717, 1.165) is 21.4 Å². The smallest absolute Gasteiger partial charge is 0.338 e. The third kappa shape index (κ3) is 10.5. The molecule has 6 atom stereocenters. The standard InChI is InChI=1S/C47H59FN6O12/c1-7-47(64)33-17-36-42-28(20-53(36)45(62)32(33)22-66-46(47)63)16-31-30(27(6)34(48)18-35(31)51-42)10-8-9-13-65-23-50-43(60)25(4)14-37(56)41(24(2)3)52-38(57)12-11-29(55)19-49-39(58)21-54-40(59)15-26(5)44(54)61/h16-18,24-26,32-33,41,64H,7-15,19-23H2,1-6H3,(H,49,58)(H,50,60)(H,52,57)/t25-,26?,32?,33?,41+,47+/m1/s1. The first-order valence-corrected chi connectivity index (χ1v) is 22.6. The largest absolute Gasteiger partial charge is 0.463 e. The van der Waals surface area contributed by atoms with Gasteiger partial charge in [0.15, 0.2) is 17.2 Å². The minimum absolute atomic E-state index is 0.0259. The average Bonchev–Trinajstić information content (AvgIpc) is 3.75. The van der Waals surface area contributed by atoms with Crippen LogP contribution >= 0.6 is 0 Å². The lowest BCUT2D eigenvalue weighted by molar-refractivity contribution is -0.190. The van der Waals surface area contributed by atoms with Gasteiger partial charge in [-0.3, -0.25) is 43.3 Å². The first-order valence-electron chi connectivity index (χ1n) is 22.6. The molecule has 6 amide bonds. The second kappa shape index (κ2) is 20.7. The van der Waals surface area contributed by atoms with Crippen molar-refractivity contribution >= 4 is 69.6 Å². The fraction of sp³-hybridized carbons (Fsp3) is 0.574. The van der Waals surface area contributed by atoms with Crippen LogP contribution in [-0.2, 0) is 65.6 Å². The molecule has 6 rings (SSSR count). The van der Waals surface area contributed by atoms with Crippen molar-refractivity contribution in [3.63, 3.8) is 0 Å². The van der Waals surface area contributed by atoms with Crippen molar-refractivity contribution in [1.29, 1.82) is 0 Å². The lowest BCUT2D eigenvalue weighted by Gasteiger charge is -2.44. The van der Waals surface area contributed by atoms with Crippen molar-refractivity contribution in [1.82, 2.24) is 30.7 Å².